The molecule has 114 valence electrons. The Morgan fingerprint density at radius 1 is 1.48 bits per heavy atom. The molecule has 1 fully saturated rings. The number of hydrogen-bond acceptors (Lipinski definition) is 4. The Morgan fingerprint density at radius 3 is 2.90 bits per heavy atom. The summed E-state index contributed by atoms with van der Waals surface area (Å²) in [5, 5.41) is 11.4. The monoisotopic (exact) mass is 308 g/mol. The molecular weight excluding hydrogens is 288 g/mol. The lowest BCUT2D eigenvalue weighted by Gasteiger charge is -2.24. The van der Waals surface area contributed by atoms with Crippen molar-refractivity contribution in [1.82, 2.24) is 4.90 Å². The molecule has 2 atom stereocenters. The minimum atomic E-state index is -0.472. The molecule has 21 heavy (non-hydrogen) atoms. The first-order chi connectivity index (χ1) is 10.0. The molecule has 1 saturated carbocycles. The summed E-state index contributed by atoms with van der Waals surface area (Å²) >= 11 is 1.95. The molecular formula is C15H20N2O3S. The summed E-state index contributed by atoms with van der Waals surface area (Å²) < 4.78 is 0. The van der Waals surface area contributed by atoms with E-state index in [0.717, 1.165) is 25.0 Å². The number of nitro benzene ring substituents is 1. The third-order valence-electron chi connectivity index (χ3n) is 3.93. The molecule has 1 aliphatic carbocycles. The van der Waals surface area contributed by atoms with Crippen LogP contribution in [0.2, 0.25) is 0 Å². The van der Waals surface area contributed by atoms with Crippen molar-refractivity contribution < 1.29 is 9.72 Å². The zero-order valence-corrected chi connectivity index (χ0v) is 13.1. The van der Waals surface area contributed by atoms with Gasteiger partial charge in [-0.05, 0) is 31.1 Å². The molecule has 0 heterocycles. The zero-order valence-electron chi connectivity index (χ0n) is 12.3. The first-order valence-electron chi connectivity index (χ1n) is 7.16. The van der Waals surface area contributed by atoms with E-state index in [9.17, 15) is 14.9 Å². The van der Waals surface area contributed by atoms with Crippen molar-refractivity contribution in [2.24, 2.45) is 0 Å². The summed E-state index contributed by atoms with van der Waals surface area (Å²) in [6.07, 6.45) is 3.15. The molecule has 0 bridgehead atoms. The molecule has 0 aromatic heterocycles. The number of non-ortho nitro benzene ring substituents is 1. The van der Waals surface area contributed by atoms with Crippen molar-refractivity contribution in [2.75, 3.05) is 12.8 Å². The Kier molecular flexibility index (Phi) is 5.22. The highest BCUT2D eigenvalue weighted by Gasteiger charge is 2.30. The van der Waals surface area contributed by atoms with Crippen LogP contribution in [-0.2, 0) is 0 Å². The summed E-state index contributed by atoms with van der Waals surface area (Å²) in [4.78, 5) is 24.5. The number of nitro groups is 1. The average molecular weight is 308 g/mol. The van der Waals surface area contributed by atoms with E-state index < -0.39 is 4.92 Å². The SMILES string of the molecule is CCS[C@H]1CC[C@@H](N(C)C(=O)c2cccc([N+](=O)[O-])c2)C1. The van der Waals surface area contributed by atoms with Gasteiger partial charge in [0.05, 0.1) is 4.92 Å². The lowest BCUT2D eigenvalue weighted by molar-refractivity contribution is -0.384. The molecule has 1 aromatic carbocycles. The molecule has 0 spiro atoms. The van der Waals surface area contributed by atoms with Crippen LogP contribution in [0.3, 0.4) is 0 Å². The van der Waals surface area contributed by atoms with Crippen molar-refractivity contribution in [1.29, 1.82) is 0 Å². The summed E-state index contributed by atoms with van der Waals surface area (Å²) in [6.45, 7) is 2.15. The molecule has 2 rings (SSSR count). The molecule has 0 aliphatic heterocycles. The quantitative estimate of drug-likeness (QED) is 0.618. The molecule has 0 radical (unpaired) electrons. The van der Waals surface area contributed by atoms with Crippen molar-refractivity contribution in [3.05, 3.63) is 39.9 Å². The normalized spacial score (nSPS) is 21.2. The van der Waals surface area contributed by atoms with Gasteiger partial charge in [0.2, 0.25) is 0 Å². The fourth-order valence-corrected chi connectivity index (χ4v) is 3.91. The van der Waals surface area contributed by atoms with Gasteiger partial charge in [-0.1, -0.05) is 13.0 Å². The average Bonchev–Trinajstić information content (AvgIpc) is 2.95. The molecule has 1 aliphatic rings. The van der Waals surface area contributed by atoms with Crippen LogP contribution >= 0.6 is 11.8 Å². The van der Waals surface area contributed by atoms with Crippen LogP contribution in [-0.4, -0.2) is 39.8 Å². The number of benzene rings is 1. The van der Waals surface area contributed by atoms with Gasteiger partial charge < -0.3 is 4.90 Å². The summed E-state index contributed by atoms with van der Waals surface area (Å²) in [5.41, 5.74) is 0.346. The Balaban J connectivity index is 2.06. The fraction of sp³-hybridized carbons (Fsp3) is 0.533. The molecule has 0 saturated heterocycles. The smallest absolute Gasteiger partial charge is 0.270 e. The topological polar surface area (TPSA) is 63.5 Å². The lowest BCUT2D eigenvalue weighted by atomic mass is 10.1. The number of thioether (sulfide) groups is 1. The van der Waals surface area contributed by atoms with E-state index in [1.54, 1.807) is 24.1 Å². The minimum absolute atomic E-state index is 0.0416. The standard InChI is InChI=1S/C15H20N2O3S/c1-3-21-14-8-7-12(10-14)16(2)15(18)11-5-4-6-13(9-11)17(19)20/h4-6,9,12,14H,3,7-8,10H2,1-2H3/t12-,14+/m1/s1. The van der Waals surface area contributed by atoms with Crippen molar-refractivity contribution >= 4 is 23.4 Å². The van der Waals surface area contributed by atoms with E-state index in [0.29, 0.717) is 10.8 Å². The number of carbonyl (C=O) groups is 1. The van der Waals surface area contributed by atoms with Crippen molar-refractivity contribution in [2.45, 2.75) is 37.5 Å². The van der Waals surface area contributed by atoms with Crippen LogP contribution in [0.15, 0.2) is 24.3 Å². The van der Waals surface area contributed by atoms with Crippen LogP contribution in [0.25, 0.3) is 0 Å². The molecule has 1 amide bonds. The third-order valence-corrected chi connectivity index (χ3v) is 5.16. The van der Waals surface area contributed by atoms with Gasteiger partial charge in [-0.3, -0.25) is 14.9 Å². The number of rotatable bonds is 5. The lowest BCUT2D eigenvalue weighted by Crippen LogP contribution is -2.35. The summed E-state index contributed by atoms with van der Waals surface area (Å²) in [6, 6.07) is 6.19. The molecule has 1 aromatic rings. The van der Waals surface area contributed by atoms with Gasteiger partial charge in [-0.25, -0.2) is 0 Å². The molecule has 6 heteroatoms. The van der Waals surface area contributed by atoms with Gasteiger partial charge in [0.25, 0.3) is 11.6 Å². The maximum absolute atomic E-state index is 12.5. The third kappa shape index (κ3) is 3.75. The zero-order chi connectivity index (χ0) is 15.4. The van der Waals surface area contributed by atoms with E-state index in [1.165, 1.54) is 12.1 Å². The number of hydrogen-bond donors (Lipinski definition) is 0. The molecule has 0 unspecified atom stereocenters. The largest absolute Gasteiger partial charge is 0.339 e. The van der Waals surface area contributed by atoms with Gasteiger partial charge in [0, 0.05) is 36.0 Å². The highest BCUT2D eigenvalue weighted by atomic mass is 32.2. The van der Waals surface area contributed by atoms with Gasteiger partial charge in [-0.2, -0.15) is 11.8 Å². The minimum Gasteiger partial charge on any atom is -0.339 e. The Labute approximate surface area is 128 Å². The highest BCUT2D eigenvalue weighted by molar-refractivity contribution is 7.99. The first kappa shape index (κ1) is 15.8. The second kappa shape index (κ2) is 6.93. The number of nitrogens with zero attached hydrogens (tertiary/aromatic N) is 2. The number of carbonyl (C=O) groups excluding carboxylic acids is 1. The molecule has 0 N–H and O–H groups in total. The van der Waals surface area contributed by atoms with E-state index in [4.69, 9.17) is 0 Å². The van der Waals surface area contributed by atoms with Gasteiger partial charge >= 0.3 is 0 Å². The first-order valence-corrected chi connectivity index (χ1v) is 8.21. The maximum Gasteiger partial charge on any atom is 0.270 e. The van der Waals surface area contributed by atoms with Crippen molar-refractivity contribution in [3.8, 4) is 0 Å². The second-order valence-corrected chi connectivity index (χ2v) is 6.85. The summed E-state index contributed by atoms with van der Waals surface area (Å²) in [5.74, 6) is 0.964. The van der Waals surface area contributed by atoms with E-state index in [-0.39, 0.29) is 17.6 Å². The van der Waals surface area contributed by atoms with Gasteiger partial charge in [-0.15, -0.1) is 0 Å². The predicted molar refractivity (Wildman–Crippen MR) is 84.7 cm³/mol. The van der Waals surface area contributed by atoms with Crippen LogP contribution in [0.4, 0.5) is 5.69 Å². The number of amides is 1. The van der Waals surface area contributed by atoms with Gasteiger partial charge in [0.1, 0.15) is 0 Å². The highest BCUT2D eigenvalue weighted by Crippen LogP contribution is 2.32. The van der Waals surface area contributed by atoms with Crippen LogP contribution < -0.4 is 0 Å². The Morgan fingerprint density at radius 2 is 2.24 bits per heavy atom. The maximum atomic E-state index is 12.5. The van der Waals surface area contributed by atoms with Crippen molar-refractivity contribution in [3.63, 3.8) is 0 Å². The van der Waals surface area contributed by atoms with Gasteiger partial charge in [0.15, 0.2) is 0 Å². The van der Waals surface area contributed by atoms with E-state index in [1.807, 2.05) is 11.8 Å². The summed E-state index contributed by atoms with van der Waals surface area (Å²) in [7, 11) is 1.80. The van der Waals surface area contributed by atoms with Crippen LogP contribution in [0.1, 0.15) is 36.5 Å². The van der Waals surface area contributed by atoms with E-state index >= 15 is 0 Å². The fourth-order valence-electron chi connectivity index (χ4n) is 2.78. The molecule has 5 nitrogen and oxygen atoms in total. The van der Waals surface area contributed by atoms with Crippen LogP contribution in [0, 0.1) is 10.1 Å². The Bertz CT molecular complexity index is 535. The predicted octanol–water partition coefficient (Wildman–Crippen LogP) is 3.34. The van der Waals surface area contributed by atoms with Crippen LogP contribution in [0.5, 0.6) is 0 Å². The second-order valence-electron chi connectivity index (χ2n) is 5.27. The van der Waals surface area contributed by atoms with E-state index in [2.05, 4.69) is 6.92 Å². The Hall–Kier alpha value is -1.56.